The van der Waals surface area contributed by atoms with Crippen LogP contribution in [0.15, 0.2) is 72.8 Å². The van der Waals surface area contributed by atoms with Crippen LogP contribution in [-0.4, -0.2) is 30.9 Å². The van der Waals surface area contributed by atoms with Crippen molar-refractivity contribution in [3.8, 4) is 5.75 Å². The van der Waals surface area contributed by atoms with Gasteiger partial charge in [0.1, 0.15) is 5.75 Å². The molecule has 7 nitrogen and oxygen atoms in total. The first-order chi connectivity index (χ1) is 16.9. The maximum atomic E-state index is 12.6. The molecular formula is C28H29N3O4. The lowest BCUT2D eigenvalue weighted by Crippen LogP contribution is -2.32. The lowest BCUT2D eigenvalue weighted by Gasteiger charge is -2.17. The summed E-state index contributed by atoms with van der Waals surface area (Å²) in [6.45, 7) is 4.60. The van der Waals surface area contributed by atoms with Gasteiger partial charge >= 0.3 is 0 Å². The molecule has 7 heteroatoms. The Labute approximate surface area is 205 Å². The molecule has 0 bridgehead atoms. The predicted molar refractivity (Wildman–Crippen MR) is 135 cm³/mol. The fraction of sp³-hybridized carbons (Fsp3) is 0.250. The number of nitrogens with zero attached hydrogens (tertiary/aromatic N) is 1. The van der Waals surface area contributed by atoms with E-state index in [1.807, 2.05) is 62.4 Å². The molecule has 0 aliphatic carbocycles. The molecule has 1 saturated heterocycles. The average Bonchev–Trinajstić information content (AvgIpc) is 3.23. The van der Waals surface area contributed by atoms with Crippen LogP contribution < -0.4 is 20.3 Å². The van der Waals surface area contributed by atoms with Crippen LogP contribution in [0.3, 0.4) is 0 Å². The van der Waals surface area contributed by atoms with Crippen molar-refractivity contribution in [1.29, 1.82) is 0 Å². The van der Waals surface area contributed by atoms with Gasteiger partial charge in [0.25, 0.3) is 5.91 Å². The fourth-order valence-corrected chi connectivity index (χ4v) is 4.18. The van der Waals surface area contributed by atoms with Gasteiger partial charge in [-0.3, -0.25) is 14.4 Å². The summed E-state index contributed by atoms with van der Waals surface area (Å²) in [5.74, 6) is -0.340. The van der Waals surface area contributed by atoms with Crippen molar-refractivity contribution < 1.29 is 19.1 Å². The third kappa shape index (κ3) is 6.47. The molecule has 3 amide bonds. The van der Waals surface area contributed by atoms with Gasteiger partial charge < -0.3 is 20.3 Å². The summed E-state index contributed by atoms with van der Waals surface area (Å²) in [7, 11) is 0. The van der Waals surface area contributed by atoms with Gasteiger partial charge in [0, 0.05) is 30.9 Å². The van der Waals surface area contributed by atoms with Crippen molar-refractivity contribution in [3.05, 3.63) is 89.5 Å². The minimum Gasteiger partial charge on any atom is -0.484 e. The molecule has 1 aliphatic heterocycles. The molecule has 3 aromatic carbocycles. The number of anilines is 2. The van der Waals surface area contributed by atoms with Gasteiger partial charge in [0.2, 0.25) is 11.8 Å². The number of carbonyl (C=O) groups is 3. The largest absolute Gasteiger partial charge is 0.484 e. The van der Waals surface area contributed by atoms with E-state index >= 15 is 0 Å². The van der Waals surface area contributed by atoms with E-state index in [1.54, 1.807) is 29.2 Å². The molecule has 1 heterocycles. The number of nitrogens with one attached hydrogen (secondary N) is 2. The van der Waals surface area contributed by atoms with Crippen LogP contribution in [0.4, 0.5) is 11.4 Å². The maximum Gasteiger partial charge on any atom is 0.262 e. The molecule has 1 fully saturated rings. The molecule has 0 aromatic heterocycles. The normalized spacial score (nSPS) is 15.1. The van der Waals surface area contributed by atoms with Crippen molar-refractivity contribution in [2.75, 3.05) is 23.4 Å². The number of rotatable bonds is 8. The molecule has 35 heavy (non-hydrogen) atoms. The minimum absolute atomic E-state index is 0.0913. The highest BCUT2D eigenvalue weighted by molar-refractivity contribution is 6.00. The smallest absolute Gasteiger partial charge is 0.262 e. The van der Waals surface area contributed by atoms with Crippen molar-refractivity contribution in [1.82, 2.24) is 5.32 Å². The highest BCUT2D eigenvalue weighted by Gasteiger charge is 2.35. The molecule has 1 aliphatic rings. The summed E-state index contributed by atoms with van der Waals surface area (Å²) in [6.07, 6.45) is 0.178. The molecule has 180 valence electrons. The Hall–Kier alpha value is -4.13. The molecule has 0 saturated carbocycles. The monoisotopic (exact) mass is 471 g/mol. The van der Waals surface area contributed by atoms with E-state index in [4.69, 9.17) is 4.74 Å². The molecule has 3 aromatic rings. The molecule has 0 unspecified atom stereocenters. The minimum atomic E-state index is -0.393. The summed E-state index contributed by atoms with van der Waals surface area (Å²) < 4.78 is 5.60. The Morgan fingerprint density at radius 2 is 1.66 bits per heavy atom. The van der Waals surface area contributed by atoms with Crippen molar-refractivity contribution in [2.24, 2.45) is 5.92 Å². The van der Waals surface area contributed by atoms with E-state index < -0.39 is 5.92 Å². The first-order valence-electron chi connectivity index (χ1n) is 11.6. The number of hydrogen-bond donors (Lipinski definition) is 2. The van der Waals surface area contributed by atoms with E-state index in [9.17, 15) is 14.4 Å². The number of ether oxygens (including phenoxy) is 1. The Kier molecular flexibility index (Phi) is 7.45. The summed E-state index contributed by atoms with van der Waals surface area (Å²) in [5, 5.41) is 5.75. The van der Waals surface area contributed by atoms with Crippen LogP contribution in [-0.2, 0) is 20.9 Å². The van der Waals surface area contributed by atoms with Gasteiger partial charge in [-0.05, 0) is 66.9 Å². The Morgan fingerprint density at radius 3 is 2.34 bits per heavy atom. The highest BCUT2D eigenvalue weighted by Crippen LogP contribution is 2.27. The van der Waals surface area contributed by atoms with Crippen LogP contribution in [0.1, 0.15) is 23.1 Å². The summed E-state index contributed by atoms with van der Waals surface area (Å²) in [5.41, 5.74) is 4.59. The van der Waals surface area contributed by atoms with Crippen molar-refractivity contribution >= 4 is 29.1 Å². The molecule has 0 spiro atoms. The number of amides is 3. The van der Waals surface area contributed by atoms with E-state index in [0.717, 1.165) is 22.4 Å². The van der Waals surface area contributed by atoms with E-state index in [0.29, 0.717) is 24.5 Å². The third-order valence-corrected chi connectivity index (χ3v) is 5.83. The first-order valence-corrected chi connectivity index (χ1v) is 11.6. The SMILES string of the molecule is Cc1cc(C)cc(NC(=O)COc2ccc(N3C[C@@H](C(=O)NCc4ccccc4)CC3=O)cc2)c1. The number of carbonyl (C=O) groups excluding carboxylic acids is 3. The zero-order chi connectivity index (χ0) is 24.8. The van der Waals surface area contributed by atoms with Crippen LogP contribution in [0.25, 0.3) is 0 Å². The summed E-state index contributed by atoms with van der Waals surface area (Å²) >= 11 is 0. The van der Waals surface area contributed by atoms with Gasteiger partial charge in [0.15, 0.2) is 6.61 Å². The van der Waals surface area contributed by atoms with Gasteiger partial charge in [-0.15, -0.1) is 0 Å². The summed E-state index contributed by atoms with van der Waals surface area (Å²) in [4.78, 5) is 39.0. The second-order valence-corrected chi connectivity index (χ2v) is 8.82. The quantitative estimate of drug-likeness (QED) is 0.520. The predicted octanol–water partition coefficient (Wildman–Crippen LogP) is 3.99. The topological polar surface area (TPSA) is 87.7 Å². The van der Waals surface area contributed by atoms with Gasteiger partial charge in [-0.1, -0.05) is 36.4 Å². The Balaban J connectivity index is 1.27. The lowest BCUT2D eigenvalue weighted by molar-refractivity contribution is -0.126. The van der Waals surface area contributed by atoms with Crippen LogP contribution in [0.5, 0.6) is 5.75 Å². The standard InChI is InChI=1S/C28H29N3O4/c1-19-12-20(2)14-23(13-19)30-26(32)18-35-25-10-8-24(9-11-25)31-17-22(15-27(31)33)28(34)29-16-21-6-4-3-5-7-21/h3-14,22H,15-18H2,1-2H3,(H,29,34)(H,30,32)/t22-/m0/s1. The Bertz CT molecular complexity index is 1190. The van der Waals surface area contributed by atoms with E-state index in [-0.39, 0.29) is 30.7 Å². The first kappa shape index (κ1) is 24.0. The van der Waals surface area contributed by atoms with Crippen molar-refractivity contribution in [2.45, 2.75) is 26.8 Å². The van der Waals surface area contributed by atoms with E-state index in [1.165, 1.54) is 0 Å². The molecular weight excluding hydrogens is 442 g/mol. The molecule has 2 N–H and O–H groups in total. The fourth-order valence-electron chi connectivity index (χ4n) is 4.18. The zero-order valence-corrected chi connectivity index (χ0v) is 19.9. The third-order valence-electron chi connectivity index (χ3n) is 5.83. The molecule has 0 radical (unpaired) electrons. The maximum absolute atomic E-state index is 12.6. The lowest BCUT2D eigenvalue weighted by atomic mass is 10.1. The molecule has 4 rings (SSSR count). The number of hydrogen-bond acceptors (Lipinski definition) is 4. The number of benzene rings is 3. The summed E-state index contributed by atoms with van der Waals surface area (Å²) in [6, 6.07) is 22.5. The van der Waals surface area contributed by atoms with Crippen LogP contribution in [0, 0.1) is 19.8 Å². The zero-order valence-electron chi connectivity index (χ0n) is 19.9. The van der Waals surface area contributed by atoms with Gasteiger partial charge in [0.05, 0.1) is 5.92 Å². The second-order valence-electron chi connectivity index (χ2n) is 8.82. The highest BCUT2D eigenvalue weighted by atomic mass is 16.5. The number of aryl methyl sites for hydroxylation is 2. The average molecular weight is 472 g/mol. The molecule has 1 atom stereocenters. The van der Waals surface area contributed by atoms with Gasteiger partial charge in [-0.2, -0.15) is 0 Å². The van der Waals surface area contributed by atoms with E-state index in [2.05, 4.69) is 10.6 Å². The second kappa shape index (κ2) is 10.9. The van der Waals surface area contributed by atoms with Gasteiger partial charge in [-0.25, -0.2) is 0 Å². The Morgan fingerprint density at radius 1 is 0.971 bits per heavy atom. The van der Waals surface area contributed by atoms with Crippen LogP contribution in [0.2, 0.25) is 0 Å². The van der Waals surface area contributed by atoms with Crippen molar-refractivity contribution in [3.63, 3.8) is 0 Å². The van der Waals surface area contributed by atoms with Crippen LogP contribution >= 0.6 is 0 Å².